The molecular formula is C13H26. The Morgan fingerprint density at radius 3 is 2.46 bits per heavy atom. The van der Waals surface area contributed by atoms with Crippen LogP contribution in [0.1, 0.15) is 65.7 Å². The van der Waals surface area contributed by atoms with Gasteiger partial charge in [0.05, 0.1) is 0 Å². The molecule has 1 saturated carbocycles. The summed E-state index contributed by atoms with van der Waals surface area (Å²) in [7, 11) is 0. The minimum Gasteiger partial charge on any atom is -0.0654 e. The first-order valence-electron chi connectivity index (χ1n) is 6.24. The van der Waals surface area contributed by atoms with Gasteiger partial charge < -0.3 is 0 Å². The van der Waals surface area contributed by atoms with Crippen LogP contribution >= 0.6 is 0 Å². The van der Waals surface area contributed by atoms with E-state index in [1.54, 1.807) is 0 Å². The maximum Gasteiger partial charge on any atom is -0.0383 e. The van der Waals surface area contributed by atoms with Gasteiger partial charge in [0.25, 0.3) is 0 Å². The van der Waals surface area contributed by atoms with Crippen molar-refractivity contribution >= 4 is 0 Å². The van der Waals surface area contributed by atoms with E-state index < -0.39 is 0 Å². The van der Waals surface area contributed by atoms with Crippen LogP contribution in [-0.2, 0) is 0 Å². The van der Waals surface area contributed by atoms with Crippen molar-refractivity contribution in [2.45, 2.75) is 65.7 Å². The molecule has 3 atom stereocenters. The molecule has 1 aliphatic rings. The van der Waals surface area contributed by atoms with E-state index in [2.05, 4.69) is 20.8 Å². The van der Waals surface area contributed by atoms with Crippen molar-refractivity contribution < 1.29 is 0 Å². The summed E-state index contributed by atoms with van der Waals surface area (Å²) in [5, 5.41) is 0. The Morgan fingerprint density at radius 2 is 1.92 bits per heavy atom. The van der Waals surface area contributed by atoms with Crippen LogP contribution in [0.25, 0.3) is 0 Å². The van der Waals surface area contributed by atoms with Crippen LogP contribution in [0.4, 0.5) is 0 Å². The molecule has 0 aromatic heterocycles. The van der Waals surface area contributed by atoms with E-state index in [9.17, 15) is 0 Å². The molecule has 0 heteroatoms. The lowest BCUT2D eigenvalue weighted by Gasteiger charge is -2.09. The highest BCUT2D eigenvalue weighted by Gasteiger charge is 2.32. The minimum atomic E-state index is 0.992. The van der Waals surface area contributed by atoms with E-state index in [-0.39, 0.29) is 0 Å². The third kappa shape index (κ3) is 4.69. The first kappa shape index (κ1) is 11.1. The molecule has 0 heterocycles. The molecule has 3 unspecified atom stereocenters. The van der Waals surface area contributed by atoms with Crippen molar-refractivity contribution in [2.24, 2.45) is 17.8 Å². The summed E-state index contributed by atoms with van der Waals surface area (Å²) in [5.41, 5.74) is 0. The van der Waals surface area contributed by atoms with Gasteiger partial charge in [-0.15, -0.1) is 0 Å². The van der Waals surface area contributed by atoms with Gasteiger partial charge in [-0.3, -0.25) is 0 Å². The Hall–Kier alpha value is 0. The molecule has 0 aliphatic heterocycles. The normalized spacial score (nSPS) is 28.8. The average Bonchev–Trinajstić information content (AvgIpc) is 2.76. The van der Waals surface area contributed by atoms with Gasteiger partial charge in [-0.05, 0) is 30.6 Å². The predicted octanol–water partition coefficient (Wildman–Crippen LogP) is 4.64. The molecule has 78 valence electrons. The third-order valence-electron chi connectivity index (χ3n) is 3.53. The summed E-state index contributed by atoms with van der Waals surface area (Å²) in [4.78, 5) is 0. The van der Waals surface area contributed by atoms with Crippen LogP contribution in [0.3, 0.4) is 0 Å². The number of rotatable bonds is 7. The molecule has 0 bridgehead atoms. The third-order valence-corrected chi connectivity index (χ3v) is 3.53. The molecule has 0 radical (unpaired) electrons. The van der Waals surface area contributed by atoms with Crippen molar-refractivity contribution in [1.82, 2.24) is 0 Å². The van der Waals surface area contributed by atoms with Crippen molar-refractivity contribution in [1.29, 1.82) is 0 Å². The first-order valence-corrected chi connectivity index (χ1v) is 6.24. The van der Waals surface area contributed by atoms with Crippen molar-refractivity contribution in [3.05, 3.63) is 0 Å². The molecule has 0 aromatic rings. The highest BCUT2D eigenvalue weighted by molar-refractivity contribution is 4.83. The van der Waals surface area contributed by atoms with Crippen molar-refractivity contribution in [3.63, 3.8) is 0 Å². The summed E-state index contributed by atoms with van der Waals surface area (Å²) < 4.78 is 0. The zero-order valence-corrected chi connectivity index (χ0v) is 9.68. The lowest BCUT2D eigenvalue weighted by molar-refractivity contribution is 0.428. The summed E-state index contributed by atoms with van der Waals surface area (Å²) >= 11 is 0. The topological polar surface area (TPSA) is 0 Å². The Balaban J connectivity index is 1.89. The maximum absolute atomic E-state index is 2.44. The summed E-state index contributed by atoms with van der Waals surface area (Å²) in [6.45, 7) is 7.13. The molecule has 0 amide bonds. The molecule has 0 aromatic carbocycles. The minimum absolute atomic E-state index is 0.992. The van der Waals surface area contributed by atoms with Crippen LogP contribution in [0.2, 0.25) is 0 Å². The summed E-state index contributed by atoms with van der Waals surface area (Å²) in [6.07, 6.45) is 10.2. The summed E-state index contributed by atoms with van der Waals surface area (Å²) in [5.74, 6) is 3.14. The SMILES string of the molecule is CCCCCCC(C)CC1CC1C. The average molecular weight is 182 g/mol. The highest BCUT2D eigenvalue weighted by Crippen LogP contribution is 2.43. The lowest BCUT2D eigenvalue weighted by Crippen LogP contribution is -1.96. The molecule has 0 spiro atoms. The monoisotopic (exact) mass is 182 g/mol. The number of hydrogen-bond acceptors (Lipinski definition) is 0. The van der Waals surface area contributed by atoms with Gasteiger partial charge in [-0.2, -0.15) is 0 Å². The number of hydrogen-bond donors (Lipinski definition) is 0. The largest absolute Gasteiger partial charge is 0.0654 e. The molecule has 1 aliphatic carbocycles. The second-order valence-corrected chi connectivity index (χ2v) is 5.16. The molecule has 1 rings (SSSR count). The molecule has 0 nitrogen and oxygen atoms in total. The second kappa shape index (κ2) is 5.67. The lowest BCUT2D eigenvalue weighted by atomic mass is 9.96. The van der Waals surface area contributed by atoms with Gasteiger partial charge in [0.15, 0.2) is 0 Å². The number of unbranched alkanes of at least 4 members (excludes halogenated alkanes) is 3. The molecule has 0 saturated heterocycles. The smallest absolute Gasteiger partial charge is 0.0383 e. The fraction of sp³-hybridized carbons (Fsp3) is 1.00. The standard InChI is InChI=1S/C13H26/c1-4-5-6-7-8-11(2)9-13-10-12(13)3/h11-13H,4-10H2,1-3H3. The van der Waals surface area contributed by atoms with Crippen molar-refractivity contribution in [3.8, 4) is 0 Å². The van der Waals surface area contributed by atoms with E-state index in [0.29, 0.717) is 0 Å². The van der Waals surface area contributed by atoms with Gasteiger partial charge >= 0.3 is 0 Å². The predicted molar refractivity (Wildman–Crippen MR) is 59.8 cm³/mol. The van der Waals surface area contributed by atoms with Crippen molar-refractivity contribution in [2.75, 3.05) is 0 Å². The second-order valence-electron chi connectivity index (χ2n) is 5.16. The Morgan fingerprint density at radius 1 is 1.23 bits per heavy atom. The van der Waals surface area contributed by atoms with Gasteiger partial charge in [0.1, 0.15) is 0 Å². The Labute approximate surface area is 84.1 Å². The fourth-order valence-corrected chi connectivity index (χ4v) is 2.28. The van der Waals surface area contributed by atoms with Gasteiger partial charge in [0.2, 0.25) is 0 Å². The van der Waals surface area contributed by atoms with E-state index in [4.69, 9.17) is 0 Å². The highest BCUT2D eigenvalue weighted by atomic mass is 14.4. The quantitative estimate of drug-likeness (QED) is 0.503. The first-order chi connectivity index (χ1) is 6.24. The van der Waals surface area contributed by atoms with Crippen LogP contribution in [-0.4, -0.2) is 0 Å². The Bertz CT molecular complexity index is 128. The van der Waals surface area contributed by atoms with Crippen LogP contribution < -0.4 is 0 Å². The van der Waals surface area contributed by atoms with Gasteiger partial charge in [0, 0.05) is 0 Å². The van der Waals surface area contributed by atoms with E-state index in [0.717, 1.165) is 17.8 Å². The van der Waals surface area contributed by atoms with Crippen LogP contribution in [0, 0.1) is 17.8 Å². The Kier molecular flexibility index (Phi) is 4.83. The molecular weight excluding hydrogens is 156 g/mol. The fourth-order valence-electron chi connectivity index (χ4n) is 2.28. The van der Waals surface area contributed by atoms with Crippen LogP contribution in [0.5, 0.6) is 0 Å². The zero-order chi connectivity index (χ0) is 9.68. The summed E-state index contributed by atoms with van der Waals surface area (Å²) in [6, 6.07) is 0. The van der Waals surface area contributed by atoms with E-state index in [1.165, 1.54) is 44.9 Å². The van der Waals surface area contributed by atoms with E-state index >= 15 is 0 Å². The van der Waals surface area contributed by atoms with Crippen LogP contribution in [0.15, 0.2) is 0 Å². The van der Waals surface area contributed by atoms with E-state index in [1.807, 2.05) is 0 Å². The zero-order valence-electron chi connectivity index (χ0n) is 9.68. The molecule has 0 N–H and O–H groups in total. The van der Waals surface area contributed by atoms with Gasteiger partial charge in [-0.25, -0.2) is 0 Å². The maximum atomic E-state index is 2.44. The van der Waals surface area contributed by atoms with Gasteiger partial charge in [-0.1, -0.05) is 52.9 Å². The molecule has 1 fully saturated rings. The molecule has 13 heavy (non-hydrogen) atoms.